The summed E-state index contributed by atoms with van der Waals surface area (Å²) in [7, 11) is 0. The number of allylic oxidation sites excluding steroid dienone is 1. The minimum atomic E-state index is -1.46. The maximum absolute atomic E-state index is 13.4. The van der Waals surface area contributed by atoms with Gasteiger partial charge in [-0.05, 0) is 55.8 Å². The van der Waals surface area contributed by atoms with Gasteiger partial charge in [-0.15, -0.1) is 0 Å². The van der Waals surface area contributed by atoms with Gasteiger partial charge < -0.3 is 34.7 Å². The van der Waals surface area contributed by atoms with Gasteiger partial charge in [-0.3, -0.25) is 4.79 Å². The molecule has 5 aliphatic rings. The Morgan fingerprint density at radius 3 is 2.50 bits per heavy atom. The zero-order valence-electron chi connectivity index (χ0n) is 20.4. The number of aliphatic carboxylic acids is 1. The molecule has 1 aliphatic heterocycles. The number of hydrogen-bond donors (Lipinski definition) is 4. The Hall–Kier alpha value is -1.32. The molecular weight excluding hydrogens is 440 g/mol. The van der Waals surface area contributed by atoms with Crippen LogP contribution in [-0.4, -0.2) is 70.0 Å². The fourth-order valence-corrected chi connectivity index (χ4v) is 9.02. The summed E-state index contributed by atoms with van der Waals surface area (Å²) in [6.45, 7) is 7.76. The van der Waals surface area contributed by atoms with Crippen LogP contribution in [-0.2, 0) is 19.1 Å². The number of carboxylic acids is 1. The summed E-state index contributed by atoms with van der Waals surface area (Å²) in [6, 6.07) is 0. The average molecular weight is 479 g/mol. The van der Waals surface area contributed by atoms with E-state index in [1.54, 1.807) is 6.92 Å². The average Bonchev–Trinajstić information content (AvgIpc) is 3.36. The van der Waals surface area contributed by atoms with Crippen molar-refractivity contribution in [3.05, 3.63) is 11.6 Å². The zero-order chi connectivity index (χ0) is 24.8. The molecule has 0 aromatic heterocycles. The van der Waals surface area contributed by atoms with E-state index in [-0.39, 0.29) is 30.3 Å². The molecule has 4 fully saturated rings. The van der Waals surface area contributed by atoms with Crippen molar-refractivity contribution < 1.29 is 39.5 Å². The quantitative estimate of drug-likeness (QED) is 0.335. The van der Waals surface area contributed by atoms with Crippen molar-refractivity contribution in [2.24, 2.45) is 45.8 Å². The normalized spacial score (nSPS) is 53.6. The van der Waals surface area contributed by atoms with Crippen LogP contribution in [0, 0.1) is 45.8 Å². The van der Waals surface area contributed by atoms with Crippen LogP contribution in [0.15, 0.2) is 11.6 Å². The first-order valence-corrected chi connectivity index (χ1v) is 12.7. The number of carbonyl (C=O) groups excluding carboxylic acids is 1. The minimum absolute atomic E-state index is 0.000517. The predicted molar refractivity (Wildman–Crippen MR) is 120 cm³/mol. The van der Waals surface area contributed by atoms with Gasteiger partial charge in [0.25, 0.3) is 0 Å². The highest BCUT2D eigenvalue weighted by Gasteiger charge is 2.84. The second-order valence-corrected chi connectivity index (χ2v) is 12.0. The van der Waals surface area contributed by atoms with Crippen molar-refractivity contribution >= 4 is 12.3 Å². The van der Waals surface area contributed by atoms with E-state index in [1.165, 1.54) is 0 Å². The van der Waals surface area contributed by atoms with E-state index < -0.39 is 52.9 Å². The standard InChI is InChI=1S/C26H38O8/c1-12(2)18-7-15-8-24(10-27)17-6-5-13(3)16(17)9-25(15,26(18,24)23(31)32)11-33-22-21(30)20(29)19(28)14(4)34-22/h7,10,12-17,19-22,28-30H,5-6,8-9,11H2,1-4H3,(H,31,32)/t13-,14-,15?,16-,17-,19-,20-,21+,22-,24+,25?,26+/m1/s1. The number of carboxylic acid groups (broad SMARTS) is 1. The Kier molecular flexibility index (Phi) is 5.62. The molecule has 5 rings (SSSR count). The summed E-state index contributed by atoms with van der Waals surface area (Å²) in [5.41, 5.74) is -2.37. The highest BCUT2D eigenvalue weighted by Crippen LogP contribution is 2.82. The fourth-order valence-electron chi connectivity index (χ4n) is 9.02. The number of hydrogen-bond acceptors (Lipinski definition) is 7. The number of aliphatic hydroxyl groups is 3. The largest absolute Gasteiger partial charge is 0.481 e. The SMILES string of the molecule is CC(C)C1=CC2C[C@]3(C=O)[C@@H]4CC[C@@H](C)[C@H]4CC2(CO[C@@H]2O[C@H](C)[C@@H](O)[C@@H](O)[C@@H]2O)[C@]13C(=O)O. The van der Waals surface area contributed by atoms with Crippen LogP contribution in [0.25, 0.3) is 0 Å². The van der Waals surface area contributed by atoms with Gasteiger partial charge in [0, 0.05) is 5.41 Å². The Morgan fingerprint density at radius 2 is 1.88 bits per heavy atom. The summed E-state index contributed by atoms with van der Waals surface area (Å²) in [5, 5.41) is 41.8. The van der Waals surface area contributed by atoms with Gasteiger partial charge in [0.1, 0.15) is 30.0 Å². The smallest absolute Gasteiger partial charge is 0.315 e. The Bertz CT molecular complexity index is 901. The van der Waals surface area contributed by atoms with Crippen molar-refractivity contribution in [2.45, 2.75) is 84.1 Å². The van der Waals surface area contributed by atoms with Crippen LogP contribution in [0.5, 0.6) is 0 Å². The summed E-state index contributed by atoms with van der Waals surface area (Å²) in [6.07, 6.45) is -0.0313. The van der Waals surface area contributed by atoms with Gasteiger partial charge in [0.15, 0.2) is 6.29 Å². The Labute approximate surface area is 200 Å². The van der Waals surface area contributed by atoms with E-state index >= 15 is 0 Å². The zero-order valence-corrected chi connectivity index (χ0v) is 20.4. The van der Waals surface area contributed by atoms with Gasteiger partial charge in [-0.2, -0.15) is 0 Å². The van der Waals surface area contributed by atoms with E-state index in [1.807, 2.05) is 13.8 Å². The monoisotopic (exact) mass is 478 g/mol. The van der Waals surface area contributed by atoms with E-state index in [0.717, 1.165) is 24.7 Å². The number of ether oxygens (including phenoxy) is 2. The molecule has 1 heterocycles. The van der Waals surface area contributed by atoms with E-state index in [4.69, 9.17) is 9.47 Å². The lowest BCUT2D eigenvalue weighted by atomic mass is 9.43. The first-order chi connectivity index (χ1) is 16.0. The van der Waals surface area contributed by atoms with E-state index in [0.29, 0.717) is 18.8 Å². The lowest BCUT2D eigenvalue weighted by molar-refractivity contribution is -0.304. The molecule has 0 radical (unpaired) electrons. The van der Waals surface area contributed by atoms with E-state index in [2.05, 4.69) is 13.0 Å². The molecule has 4 bridgehead atoms. The summed E-state index contributed by atoms with van der Waals surface area (Å²) >= 11 is 0. The van der Waals surface area contributed by atoms with Gasteiger partial charge >= 0.3 is 5.97 Å². The van der Waals surface area contributed by atoms with Gasteiger partial charge in [0.2, 0.25) is 0 Å². The third kappa shape index (κ3) is 2.67. The Morgan fingerprint density at radius 1 is 1.18 bits per heavy atom. The minimum Gasteiger partial charge on any atom is -0.481 e. The molecule has 0 amide bonds. The molecule has 8 heteroatoms. The first kappa shape index (κ1) is 24.4. The maximum Gasteiger partial charge on any atom is 0.315 e. The second-order valence-electron chi connectivity index (χ2n) is 12.0. The molecule has 1 saturated heterocycles. The third-order valence-corrected chi connectivity index (χ3v) is 10.4. The highest BCUT2D eigenvalue weighted by molar-refractivity contribution is 5.90. The van der Waals surface area contributed by atoms with Crippen molar-refractivity contribution in [1.29, 1.82) is 0 Å². The van der Waals surface area contributed by atoms with Crippen LogP contribution in [0.4, 0.5) is 0 Å². The second kappa shape index (κ2) is 7.84. The van der Waals surface area contributed by atoms with Crippen LogP contribution in [0.2, 0.25) is 0 Å². The third-order valence-electron chi connectivity index (χ3n) is 10.4. The molecule has 8 nitrogen and oxygen atoms in total. The lowest BCUT2D eigenvalue weighted by Gasteiger charge is -2.58. The molecule has 4 aliphatic carbocycles. The van der Waals surface area contributed by atoms with Gasteiger partial charge in [-0.25, -0.2) is 0 Å². The molecule has 34 heavy (non-hydrogen) atoms. The molecule has 0 spiro atoms. The highest BCUT2D eigenvalue weighted by atomic mass is 16.7. The van der Waals surface area contributed by atoms with Gasteiger partial charge in [-0.1, -0.05) is 38.8 Å². The van der Waals surface area contributed by atoms with Crippen molar-refractivity contribution in [3.8, 4) is 0 Å². The van der Waals surface area contributed by atoms with Gasteiger partial charge in [0.05, 0.1) is 18.1 Å². The van der Waals surface area contributed by atoms with Crippen molar-refractivity contribution in [1.82, 2.24) is 0 Å². The number of rotatable bonds is 6. The molecule has 0 aromatic rings. The number of aliphatic hydroxyl groups excluding tert-OH is 3. The van der Waals surface area contributed by atoms with Crippen LogP contribution in [0.1, 0.15) is 53.4 Å². The molecule has 12 atom stereocenters. The van der Waals surface area contributed by atoms with Crippen molar-refractivity contribution in [2.75, 3.05) is 6.61 Å². The summed E-state index contributed by atoms with van der Waals surface area (Å²) in [5.74, 6) is -0.472. The lowest BCUT2D eigenvalue weighted by Crippen LogP contribution is -2.64. The number of carbonyl (C=O) groups is 2. The molecule has 4 N–H and O–H groups in total. The number of fused-ring (bicyclic) bond motifs is 2. The number of aldehydes is 1. The summed E-state index contributed by atoms with van der Waals surface area (Å²) < 4.78 is 11.8. The van der Waals surface area contributed by atoms with Crippen molar-refractivity contribution in [3.63, 3.8) is 0 Å². The fraction of sp³-hybridized carbons (Fsp3) is 0.846. The predicted octanol–water partition coefficient (Wildman–Crippen LogP) is 1.76. The first-order valence-electron chi connectivity index (χ1n) is 12.7. The maximum atomic E-state index is 13.4. The van der Waals surface area contributed by atoms with E-state index in [9.17, 15) is 30.0 Å². The molecule has 0 aromatic carbocycles. The molecule has 190 valence electrons. The summed E-state index contributed by atoms with van der Waals surface area (Å²) in [4.78, 5) is 26.4. The van der Waals surface area contributed by atoms with Crippen LogP contribution in [0.3, 0.4) is 0 Å². The van der Waals surface area contributed by atoms with Crippen LogP contribution < -0.4 is 0 Å². The Balaban J connectivity index is 1.59. The molecular formula is C26H38O8. The molecule has 3 saturated carbocycles. The molecule has 2 unspecified atom stereocenters. The topological polar surface area (TPSA) is 134 Å². The van der Waals surface area contributed by atoms with Crippen LogP contribution >= 0.6 is 0 Å².